The standard InChI is InChI=1S/C14H24N2O4/c1-9(2)14(10(3)17)15-12(18)7-16(8-13(19)20)6-11-4-5-11/h9,11,14H,4-8H2,1-3H3,(H,15,18)(H,19,20). The Hall–Kier alpha value is -1.43. The van der Waals surface area contributed by atoms with Crippen LogP contribution in [0.15, 0.2) is 0 Å². The smallest absolute Gasteiger partial charge is 0.317 e. The molecule has 1 fully saturated rings. The Labute approximate surface area is 119 Å². The lowest BCUT2D eigenvalue weighted by Gasteiger charge is -2.23. The second-order valence-corrected chi connectivity index (χ2v) is 5.91. The third kappa shape index (κ3) is 6.14. The molecular formula is C14H24N2O4. The molecule has 0 spiro atoms. The number of hydrogen-bond acceptors (Lipinski definition) is 4. The van der Waals surface area contributed by atoms with Crippen LogP contribution in [0.3, 0.4) is 0 Å². The van der Waals surface area contributed by atoms with E-state index in [-0.39, 0.29) is 30.7 Å². The largest absolute Gasteiger partial charge is 0.480 e. The molecule has 1 aliphatic rings. The van der Waals surface area contributed by atoms with Gasteiger partial charge in [-0.15, -0.1) is 0 Å². The topological polar surface area (TPSA) is 86.7 Å². The van der Waals surface area contributed by atoms with Gasteiger partial charge in [-0.25, -0.2) is 0 Å². The summed E-state index contributed by atoms with van der Waals surface area (Å²) in [6.45, 7) is 5.70. The van der Waals surface area contributed by atoms with Crippen LogP contribution >= 0.6 is 0 Å². The van der Waals surface area contributed by atoms with Crippen molar-refractivity contribution in [2.45, 2.75) is 39.7 Å². The zero-order valence-corrected chi connectivity index (χ0v) is 12.4. The molecule has 0 aromatic carbocycles. The van der Waals surface area contributed by atoms with Crippen LogP contribution in [0.5, 0.6) is 0 Å². The summed E-state index contributed by atoms with van der Waals surface area (Å²) in [5.74, 6) is -0.782. The molecule has 0 aromatic rings. The van der Waals surface area contributed by atoms with Crippen LogP contribution in [-0.2, 0) is 14.4 Å². The first kappa shape index (κ1) is 16.6. The first-order chi connectivity index (χ1) is 9.29. The lowest BCUT2D eigenvalue weighted by Crippen LogP contribution is -2.48. The molecule has 2 N–H and O–H groups in total. The molecule has 0 aromatic heterocycles. The minimum Gasteiger partial charge on any atom is -0.480 e. The number of nitrogens with zero attached hydrogens (tertiary/aromatic N) is 1. The maximum Gasteiger partial charge on any atom is 0.317 e. The zero-order chi connectivity index (χ0) is 15.3. The molecular weight excluding hydrogens is 260 g/mol. The molecule has 1 rings (SSSR count). The third-order valence-electron chi connectivity index (χ3n) is 3.36. The van der Waals surface area contributed by atoms with Gasteiger partial charge in [-0.3, -0.25) is 19.3 Å². The average Bonchev–Trinajstić information content (AvgIpc) is 3.07. The Bertz CT molecular complexity index is 377. The van der Waals surface area contributed by atoms with Gasteiger partial charge in [0.1, 0.15) is 0 Å². The summed E-state index contributed by atoms with van der Waals surface area (Å²) in [6.07, 6.45) is 2.19. The van der Waals surface area contributed by atoms with Crippen molar-refractivity contribution in [2.75, 3.05) is 19.6 Å². The molecule has 0 aliphatic heterocycles. The van der Waals surface area contributed by atoms with E-state index in [2.05, 4.69) is 5.32 Å². The van der Waals surface area contributed by atoms with Gasteiger partial charge in [-0.1, -0.05) is 13.8 Å². The number of hydrogen-bond donors (Lipinski definition) is 2. The summed E-state index contributed by atoms with van der Waals surface area (Å²) in [5.41, 5.74) is 0. The van der Waals surface area contributed by atoms with Crippen LogP contribution in [0, 0.1) is 11.8 Å². The number of carbonyl (C=O) groups is 3. The molecule has 1 amide bonds. The van der Waals surface area contributed by atoms with Crippen LogP contribution in [0.1, 0.15) is 33.6 Å². The summed E-state index contributed by atoms with van der Waals surface area (Å²) >= 11 is 0. The molecule has 1 saturated carbocycles. The van der Waals surface area contributed by atoms with Crippen molar-refractivity contribution in [2.24, 2.45) is 11.8 Å². The number of carboxylic acid groups (broad SMARTS) is 1. The molecule has 0 bridgehead atoms. The molecule has 6 nitrogen and oxygen atoms in total. The van der Waals surface area contributed by atoms with Gasteiger partial charge in [-0.05, 0) is 31.6 Å². The summed E-state index contributed by atoms with van der Waals surface area (Å²) in [4.78, 5) is 35.8. The van der Waals surface area contributed by atoms with E-state index in [9.17, 15) is 14.4 Å². The zero-order valence-electron chi connectivity index (χ0n) is 12.4. The van der Waals surface area contributed by atoms with E-state index in [0.717, 1.165) is 12.8 Å². The lowest BCUT2D eigenvalue weighted by atomic mass is 10.0. The monoisotopic (exact) mass is 284 g/mol. The Morgan fingerprint density at radius 2 is 1.85 bits per heavy atom. The average molecular weight is 284 g/mol. The minimum atomic E-state index is -0.939. The van der Waals surface area contributed by atoms with Gasteiger partial charge in [0, 0.05) is 6.54 Å². The minimum absolute atomic E-state index is 0.0211. The van der Waals surface area contributed by atoms with E-state index in [0.29, 0.717) is 12.5 Å². The quantitative estimate of drug-likeness (QED) is 0.644. The first-order valence-corrected chi connectivity index (χ1v) is 7.03. The van der Waals surface area contributed by atoms with Crippen molar-refractivity contribution < 1.29 is 19.5 Å². The molecule has 1 aliphatic carbocycles. The maximum absolute atomic E-state index is 12.0. The van der Waals surface area contributed by atoms with E-state index in [1.807, 2.05) is 13.8 Å². The van der Waals surface area contributed by atoms with Crippen LogP contribution in [0.25, 0.3) is 0 Å². The fourth-order valence-electron chi connectivity index (χ4n) is 2.20. The second-order valence-electron chi connectivity index (χ2n) is 5.91. The molecule has 0 heterocycles. The maximum atomic E-state index is 12.0. The van der Waals surface area contributed by atoms with E-state index in [4.69, 9.17) is 5.11 Å². The van der Waals surface area contributed by atoms with Crippen LogP contribution in [-0.4, -0.2) is 53.3 Å². The van der Waals surface area contributed by atoms with E-state index in [1.54, 1.807) is 4.90 Å². The Morgan fingerprint density at radius 1 is 1.25 bits per heavy atom. The molecule has 0 radical (unpaired) electrons. The number of amides is 1. The fraction of sp³-hybridized carbons (Fsp3) is 0.786. The van der Waals surface area contributed by atoms with Crippen LogP contribution < -0.4 is 5.32 Å². The summed E-state index contributed by atoms with van der Waals surface area (Å²) in [6, 6.07) is -0.505. The molecule has 0 saturated heterocycles. The van der Waals surface area contributed by atoms with Crippen molar-refractivity contribution in [3.05, 3.63) is 0 Å². The second kappa shape index (κ2) is 7.38. The van der Waals surface area contributed by atoms with Crippen molar-refractivity contribution >= 4 is 17.7 Å². The Morgan fingerprint density at radius 3 is 2.25 bits per heavy atom. The predicted molar refractivity (Wildman–Crippen MR) is 74.2 cm³/mol. The van der Waals surface area contributed by atoms with E-state index >= 15 is 0 Å². The summed E-state index contributed by atoms with van der Waals surface area (Å²) < 4.78 is 0. The SMILES string of the molecule is CC(=O)C(NC(=O)CN(CC(=O)O)CC1CC1)C(C)C. The lowest BCUT2D eigenvalue weighted by molar-refractivity contribution is -0.139. The highest BCUT2D eigenvalue weighted by molar-refractivity contribution is 5.88. The third-order valence-corrected chi connectivity index (χ3v) is 3.36. The van der Waals surface area contributed by atoms with Gasteiger partial charge in [-0.2, -0.15) is 0 Å². The van der Waals surface area contributed by atoms with Crippen LogP contribution in [0.2, 0.25) is 0 Å². The number of Topliss-reactive ketones (excluding diaryl/α,β-unsaturated/α-hetero) is 1. The number of carbonyl (C=O) groups excluding carboxylic acids is 2. The Kier molecular flexibility index (Phi) is 6.13. The highest BCUT2D eigenvalue weighted by Gasteiger charge is 2.27. The van der Waals surface area contributed by atoms with Crippen molar-refractivity contribution in [3.8, 4) is 0 Å². The van der Waals surface area contributed by atoms with Crippen molar-refractivity contribution in [1.82, 2.24) is 10.2 Å². The normalized spacial score (nSPS) is 16.2. The van der Waals surface area contributed by atoms with Gasteiger partial charge >= 0.3 is 5.97 Å². The summed E-state index contributed by atoms with van der Waals surface area (Å²) in [5, 5.41) is 11.6. The molecule has 114 valence electrons. The van der Waals surface area contributed by atoms with Gasteiger partial charge in [0.05, 0.1) is 19.1 Å². The molecule has 1 atom stereocenters. The highest BCUT2D eigenvalue weighted by Crippen LogP contribution is 2.29. The molecule has 20 heavy (non-hydrogen) atoms. The fourth-order valence-corrected chi connectivity index (χ4v) is 2.20. The number of carboxylic acids is 1. The Balaban J connectivity index is 2.50. The van der Waals surface area contributed by atoms with E-state index in [1.165, 1.54) is 6.92 Å². The predicted octanol–water partition coefficient (Wildman–Crippen LogP) is 0.513. The van der Waals surface area contributed by atoms with Gasteiger partial charge in [0.2, 0.25) is 5.91 Å². The first-order valence-electron chi connectivity index (χ1n) is 7.03. The molecule has 1 unspecified atom stereocenters. The van der Waals surface area contributed by atoms with Crippen molar-refractivity contribution in [1.29, 1.82) is 0 Å². The van der Waals surface area contributed by atoms with Gasteiger partial charge in [0.25, 0.3) is 0 Å². The highest BCUT2D eigenvalue weighted by atomic mass is 16.4. The number of rotatable bonds is 9. The van der Waals surface area contributed by atoms with Gasteiger partial charge in [0.15, 0.2) is 5.78 Å². The summed E-state index contributed by atoms with van der Waals surface area (Å²) in [7, 11) is 0. The van der Waals surface area contributed by atoms with Gasteiger partial charge < -0.3 is 10.4 Å². The van der Waals surface area contributed by atoms with E-state index < -0.39 is 12.0 Å². The number of ketones is 1. The molecule has 6 heteroatoms. The van der Waals surface area contributed by atoms with Crippen LogP contribution in [0.4, 0.5) is 0 Å². The number of nitrogens with one attached hydrogen (secondary N) is 1. The van der Waals surface area contributed by atoms with Crippen molar-refractivity contribution in [3.63, 3.8) is 0 Å². The number of aliphatic carboxylic acids is 1.